The van der Waals surface area contributed by atoms with Crippen LogP contribution in [0.4, 0.5) is 0 Å². The van der Waals surface area contributed by atoms with Gasteiger partial charge in [0.25, 0.3) is 5.97 Å². The van der Waals surface area contributed by atoms with E-state index in [-0.39, 0.29) is 72.2 Å². The molecule has 18 heteroatoms. The van der Waals surface area contributed by atoms with Crippen molar-refractivity contribution in [2.75, 3.05) is 34.0 Å². The molecule has 0 fully saturated rings. The SMILES string of the molecule is CC(=O)O.CC(C)=O.CCOC(=O)C(N=O)=C(C)O.CCOC(=O)CC(C)=O.CCOC(=O)c1ccc(C)[nH]1.COC(CC(C)=O)OC.[Na+]. The zero-order valence-electron chi connectivity index (χ0n) is 30.9. The van der Waals surface area contributed by atoms with Crippen molar-refractivity contribution >= 4 is 41.2 Å². The Bertz CT molecular complexity index is 1120. The number of nitrogens with zero attached hydrogens (tertiary/aromatic N) is 1. The summed E-state index contributed by atoms with van der Waals surface area (Å²) in [6.45, 7) is 16.1. The zero-order valence-corrected chi connectivity index (χ0v) is 32.9. The van der Waals surface area contributed by atoms with Gasteiger partial charge in [-0.05, 0) is 79.6 Å². The molecule has 3 N–H and O–H groups in total. The minimum atomic E-state index is -0.900. The van der Waals surface area contributed by atoms with Gasteiger partial charge in [-0.1, -0.05) is 0 Å². The molecule has 49 heavy (non-hydrogen) atoms. The van der Waals surface area contributed by atoms with Crippen LogP contribution in [0.1, 0.15) is 91.3 Å². The first-order valence-electron chi connectivity index (χ1n) is 14.3. The van der Waals surface area contributed by atoms with E-state index in [0.717, 1.165) is 12.6 Å². The van der Waals surface area contributed by atoms with Gasteiger partial charge in [0.15, 0.2) is 6.29 Å². The second-order valence-corrected chi connectivity index (χ2v) is 8.94. The smallest absolute Gasteiger partial charge is 0.510 e. The van der Waals surface area contributed by atoms with Gasteiger partial charge in [0.2, 0.25) is 5.70 Å². The van der Waals surface area contributed by atoms with E-state index < -0.39 is 29.4 Å². The van der Waals surface area contributed by atoms with Crippen LogP contribution in [0.15, 0.2) is 28.8 Å². The molecule has 0 saturated heterocycles. The Morgan fingerprint density at radius 3 is 1.45 bits per heavy atom. The largest absolute Gasteiger partial charge is 1.00 e. The Morgan fingerprint density at radius 1 is 0.776 bits per heavy atom. The number of carboxylic acids is 1. The van der Waals surface area contributed by atoms with Crippen LogP contribution in [0.3, 0.4) is 0 Å². The van der Waals surface area contributed by atoms with Crippen LogP contribution in [0.2, 0.25) is 0 Å². The number of hydrogen-bond acceptors (Lipinski definition) is 15. The fraction of sp³-hybridized carbons (Fsp3) is 0.581. The Kier molecular flexibility index (Phi) is 45.4. The average Bonchev–Trinajstić information content (AvgIpc) is 3.39. The van der Waals surface area contributed by atoms with Gasteiger partial charge in [0.05, 0.1) is 26.2 Å². The van der Waals surface area contributed by atoms with Gasteiger partial charge >= 0.3 is 47.5 Å². The third-order valence-corrected chi connectivity index (χ3v) is 3.91. The second kappa shape index (κ2) is 38.7. The number of aliphatic hydroxyl groups excluding tert-OH is 1. The van der Waals surface area contributed by atoms with E-state index in [9.17, 15) is 33.7 Å². The number of nitrogens with one attached hydrogen (secondary N) is 1. The number of aromatic amines is 1. The quantitative estimate of drug-likeness (QED) is 0.0404. The first-order valence-corrected chi connectivity index (χ1v) is 14.3. The van der Waals surface area contributed by atoms with E-state index in [1.807, 2.05) is 13.0 Å². The van der Waals surface area contributed by atoms with Gasteiger partial charge < -0.3 is 43.7 Å². The van der Waals surface area contributed by atoms with Crippen molar-refractivity contribution in [3.8, 4) is 0 Å². The number of carbonyl (C=O) groups is 7. The second-order valence-electron chi connectivity index (χ2n) is 8.94. The number of H-pyrrole nitrogens is 1. The van der Waals surface area contributed by atoms with E-state index in [2.05, 4.69) is 19.6 Å². The molecule has 276 valence electrons. The molecule has 0 aromatic carbocycles. The van der Waals surface area contributed by atoms with Crippen LogP contribution in [0, 0.1) is 11.8 Å². The van der Waals surface area contributed by atoms with Crippen LogP contribution in [-0.4, -0.2) is 96.8 Å². The number of aryl methyl sites for hydroxylation is 1. The van der Waals surface area contributed by atoms with Crippen LogP contribution in [0.5, 0.6) is 0 Å². The van der Waals surface area contributed by atoms with Crippen LogP contribution in [-0.2, 0) is 52.5 Å². The molecule has 1 rings (SSSR count). The van der Waals surface area contributed by atoms with E-state index in [1.165, 1.54) is 48.8 Å². The molecular weight excluding hydrogens is 663 g/mol. The maximum atomic E-state index is 11.0. The van der Waals surface area contributed by atoms with Crippen molar-refractivity contribution in [3.63, 3.8) is 0 Å². The van der Waals surface area contributed by atoms with Crippen molar-refractivity contribution in [1.29, 1.82) is 0 Å². The number of aromatic nitrogens is 1. The van der Waals surface area contributed by atoms with E-state index in [1.54, 1.807) is 26.8 Å². The Labute approximate surface area is 309 Å². The van der Waals surface area contributed by atoms with Crippen molar-refractivity contribution in [3.05, 3.63) is 39.9 Å². The van der Waals surface area contributed by atoms with Crippen molar-refractivity contribution in [2.45, 2.75) is 88.4 Å². The number of carboxylic acid groups (broad SMARTS) is 1. The summed E-state index contributed by atoms with van der Waals surface area (Å²) in [5.41, 5.74) is 0.907. The number of carbonyl (C=O) groups excluding carboxylic acids is 6. The number of aliphatic carboxylic acids is 1. The summed E-state index contributed by atoms with van der Waals surface area (Å²) in [6.07, 6.45) is -0.150. The number of ether oxygens (including phenoxy) is 5. The molecule has 17 nitrogen and oxygen atoms in total. The summed E-state index contributed by atoms with van der Waals surface area (Å²) in [5, 5.41) is 18.4. The molecule has 0 saturated carbocycles. The topological polar surface area (TPSA) is 251 Å². The molecule has 1 aromatic rings. The molecular formula is C31H52N2NaO15+. The van der Waals surface area contributed by atoms with Gasteiger partial charge in [0, 0.05) is 26.8 Å². The number of aliphatic hydroxyl groups is 1. The van der Waals surface area contributed by atoms with Crippen LogP contribution < -0.4 is 29.6 Å². The molecule has 0 spiro atoms. The maximum absolute atomic E-state index is 11.0. The number of methoxy groups -OCH3 is 2. The summed E-state index contributed by atoms with van der Waals surface area (Å²) in [7, 11) is 3.02. The van der Waals surface area contributed by atoms with Gasteiger partial charge in [0.1, 0.15) is 35.2 Å². The van der Waals surface area contributed by atoms with Crippen molar-refractivity contribution in [1.82, 2.24) is 4.98 Å². The van der Waals surface area contributed by atoms with Gasteiger partial charge in [-0.3, -0.25) is 19.2 Å². The molecule has 0 aliphatic rings. The third-order valence-electron chi connectivity index (χ3n) is 3.91. The van der Waals surface area contributed by atoms with E-state index in [0.29, 0.717) is 25.3 Å². The van der Waals surface area contributed by atoms with Crippen LogP contribution in [0.25, 0.3) is 0 Å². The van der Waals surface area contributed by atoms with Crippen molar-refractivity contribution in [2.24, 2.45) is 5.18 Å². The molecule has 0 aliphatic carbocycles. The molecule has 0 radical (unpaired) electrons. The number of rotatable bonds is 12. The van der Waals surface area contributed by atoms with Crippen molar-refractivity contribution < 1.29 is 97.0 Å². The number of nitroso groups, excluding NO2 is 1. The molecule has 0 bridgehead atoms. The molecule has 1 aromatic heterocycles. The standard InChI is InChI=1S/C8H11NO2.C6H9NO4.C6H12O3.C6H10O3.C3H6O.C2H4O2.Na/c1-3-11-8(10)7-5-4-6(2)9-7;1-3-11-6(9)5(7-10)4(2)8;1-5(7)4-6(8-2)9-3;1-3-9-6(8)4-5(2)7;1-3(2)4;1-2(3)4;/h4-5,9H,3H2,1-2H3;8H,3H2,1-2H3;6H,4H2,1-3H3;3-4H2,1-2H3;1-2H3;1H3,(H,3,4);/q;;;;;;+1. The Balaban J connectivity index is -0.000000117. The summed E-state index contributed by atoms with van der Waals surface area (Å²) in [6, 6.07) is 3.56. The van der Waals surface area contributed by atoms with E-state index >= 15 is 0 Å². The van der Waals surface area contributed by atoms with Crippen LogP contribution >= 0.6 is 0 Å². The van der Waals surface area contributed by atoms with E-state index in [4.69, 9.17) is 29.2 Å². The molecule has 0 unspecified atom stereocenters. The van der Waals surface area contributed by atoms with Gasteiger partial charge in [-0.15, -0.1) is 4.91 Å². The summed E-state index contributed by atoms with van der Waals surface area (Å²) < 4.78 is 23.2. The third kappa shape index (κ3) is 48.7. The Hall–Kier alpha value is -3.77. The first-order chi connectivity index (χ1) is 22.2. The molecule has 1 heterocycles. The summed E-state index contributed by atoms with van der Waals surface area (Å²) in [5.74, 6) is -2.82. The fourth-order valence-corrected chi connectivity index (χ4v) is 2.20. The minimum absolute atomic E-state index is 0. The minimum Gasteiger partial charge on any atom is -0.510 e. The number of hydrogen-bond donors (Lipinski definition) is 3. The number of ketones is 3. The van der Waals surface area contributed by atoms with Gasteiger partial charge in [-0.2, -0.15) is 0 Å². The monoisotopic (exact) mass is 715 g/mol. The number of Topliss-reactive ketones (excluding diaryl/α,β-unsaturated/α-hetero) is 3. The number of esters is 3. The van der Waals surface area contributed by atoms with Gasteiger partial charge in [-0.25, -0.2) is 9.59 Å². The average molecular weight is 716 g/mol. The number of allylic oxidation sites excluding steroid dienone is 1. The molecule has 0 atom stereocenters. The predicted octanol–water partition coefficient (Wildman–Crippen LogP) is 1.41. The zero-order chi connectivity index (χ0) is 38.8. The fourth-order valence-electron chi connectivity index (χ4n) is 2.20. The molecule has 0 amide bonds. The predicted molar refractivity (Wildman–Crippen MR) is 174 cm³/mol. The Morgan fingerprint density at radius 2 is 1.20 bits per heavy atom. The first kappa shape index (κ1) is 57.5. The summed E-state index contributed by atoms with van der Waals surface area (Å²) >= 11 is 0. The molecule has 0 aliphatic heterocycles. The maximum Gasteiger partial charge on any atom is 1.00 e. The summed E-state index contributed by atoms with van der Waals surface area (Å²) in [4.78, 5) is 84.0. The normalized spacial score (nSPS) is 9.33.